The van der Waals surface area contributed by atoms with Crippen molar-refractivity contribution in [2.75, 3.05) is 26.2 Å². The summed E-state index contributed by atoms with van der Waals surface area (Å²) in [5.74, 6) is -0.499. The molecule has 8 nitrogen and oxygen atoms in total. The second-order valence-corrected chi connectivity index (χ2v) is 9.02. The lowest BCUT2D eigenvalue weighted by molar-refractivity contribution is -0.138. The molecule has 0 radical (unpaired) electrons. The van der Waals surface area contributed by atoms with Crippen LogP contribution in [0.25, 0.3) is 0 Å². The zero-order valence-corrected chi connectivity index (χ0v) is 18.5. The number of piperazine rings is 1. The molecule has 2 fully saturated rings. The normalized spacial score (nSPS) is 18.4. The van der Waals surface area contributed by atoms with Crippen LogP contribution in [0, 0.1) is 0 Å². The minimum atomic E-state index is -0.437. The number of rotatable bonds is 6. The molecular weight excluding hydrogens is 428 g/mol. The van der Waals surface area contributed by atoms with E-state index in [1.165, 1.54) is 4.90 Å². The van der Waals surface area contributed by atoms with Gasteiger partial charge in [-0.05, 0) is 42.0 Å². The van der Waals surface area contributed by atoms with Gasteiger partial charge in [0.1, 0.15) is 6.04 Å². The van der Waals surface area contributed by atoms with Crippen molar-refractivity contribution in [3.63, 3.8) is 0 Å². The molecule has 2 aliphatic heterocycles. The molecule has 0 spiro atoms. The Morgan fingerprint density at radius 3 is 2.66 bits per heavy atom. The summed E-state index contributed by atoms with van der Waals surface area (Å²) in [5, 5.41) is 7.57. The van der Waals surface area contributed by atoms with Crippen LogP contribution >= 0.6 is 11.3 Å². The van der Waals surface area contributed by atoms with E-state index in [1.54, 1.807) is 40.5 Å². The third-order valence-corrected chi connectivity index (χ3v) is 6.65. The highest BCUT2D eigenvalue weighted by atomic mass is 32.1. The molecule has 4 rings (SSSR count). The Morgan fingerprint density at radius 1 is 1.12 bits per heavy atom. The van der Waals surface area contributed by atoms with Gasteiger partial charge in [-0.25, -0.2) is 0 Å². The van der Waals surface area contributed by atoms with Crippen LogP contribution in [0.1, 0.15) is 33.6 Å². The van der Waals surface area contributed by atoms with Gasteiger partial charge < -0.3 is 20.4 Å². The SMILES string of the molecule is O=C1CN(C(=O)c2ccc(CNC(=O)C3CCCN3C(=O)Cc3cccs3)cc2)CCN1. The second kappa shape index (κ2) is 9.95. The van der Waals surface area contributed by atoms with Crippen molar-refractivity contribution in [1.29, 1.82) is 0 Å². The fourth-order valence-corrected chi connectivity index (χ4v) is 4.76. The maximum absolute atomic E-state index is 12.7. The first-order valence-corrected chi connectivity index (χ1v) is 11.6. The quantitative estimate of drug-likeness (QED) is 0.685. The van der Waals surface area contributed by atoms with Gasteiger partial charge in [0.05, 0.1) is 13.0 Å². The first kappa shape index (κ1) is 22.0. The minimum absolute atomic E-state index is 0.0145. The van der Waals surface area contributed by atoms with Crippen molar-refractivity contribution in [2.45, 2.75) is 31.8 Å². The lowest BCUT2D eigenvalue weighted by Crippen LogP contribution is -2.49. The maximum Gasteiger partial charge on any atom is 0.254 e. The molecule has 168 valence electrons. The average Bonchev–Trinajstić information content (AvgIpc) is 3.49. The summed E-state index contributed by atoms with van der Waals surface area (Å²) >= 11 is 1.54. The largest absolute Gasteiger partial charge is 0.353 e. The monoisotopic (exact) mass is 454 g/mol. The van der Waals surface area contributed by atoms with E-state index in [0.717, 1.165) is 16.9 Å². The highest BCUT2D eigenvalue weighted by Gasteiger charge is 2.33. The molecule has 1 atom stereocenters. The number of carbonyl (C=O) groups excluding carboxylic acids is 4. The van der Waals surface area contributed by atoms with Gasteiger partial charge in [-0.3, -0.25) is 19.2 Å². The molecule has 3 heterocycles. The average molecular weight is 455 g/mol. The van der Waals surface area contributed by atoms with Gasteiger partial charge in [0.2, 0.25) is 17.7 Å². The van der Waals surface area contributed by atoms with Crippen molar-refractivity contribution in [3.05, 3.63) is 57.8 Å². The number of hydrogen-bond donors (Lipinski definition) is 2. The van der Waals surface area contributed by atoms with E-state index in [9.17, 15) is 19.2 Å². The number of thiophene rings is 1. The van der Waals surface area contributed by atoms with Crippen LogP contribution in [0.4, 0.5) is 0 Å². The Bertz CT molecular complexity index is 990. The van der Waals surface area contributed by atoms with Crippen LogP contribution in [-0.2, 0) is 27.3 Å². The molecule has 4 amide bonds. The number of nitrogens with zero attached hydrogens (tertiary/aromatic N) is 2. The summed E-state index contributed by atoms with van der Waals surface area (Å²) in [7, 11) is 0. The lowest BCUT2D eigenvalue weighted by atomic mass is 10.1. The Balaban J connectivity index is 1.30. The van der Waals surface area contributed by atoms with Gasteiger partial charge in [-0.15, -0.1) is 11.3 Å². The van der Waals surface area contributed by atoms with Crippen LogP contribution in [0.5, 0.6) is 0 Å². The summed E-state index contributed by atoms with van der Waals surface area (Å²) in [4.78, 5) is 53.7. The third kappa shape index (κ3) is 5.16. The number of nitrogens with one attached hydrogen (secondary N) is 2. The summed E-state index contributed by atoms with van der Waals surface area (Å²) in [6, 6.07) is 10.4. The maximum atomic E-state index is 12.7. The smallest absolute Gasteiger partial charge is 0.254 e. The number of likely N-dealkylation sites (tertiary alicyclic amines) is 1. The van der Waals surface area contributed by atoms with Crippen molar-refractivity contribution in [1.82, 2.24) is 20.4 Å². The van der Waals surface area contributed by atoms with Crippen molar-refractivity contribution in [3.8, 4) is 0 Å². The standard InChI is InChI=1S/C23H26N4O4S/c28-20-15-26(11-9-24-20)23(31)17-7-5-16(6-8-17)14-25-22(30)19-4-1-10-27(19)21(29)13-18-3-2-12-32-18/h2-3,5-8,12,19H,1,4,9-11,13-15H2,(H,24,28)(H,25,30). The van der Waals surface area contributed by atoms with Crippen LogP contribution in [0.2, 0.25) is 0 Å². The van der Waals surface area contributed by atoms with E-state index in [1.807, 2.05) is 17.5 Å². The van der Waals surface area contributed by atoms with E-state index in [4.69, 9.17) is 0 Å². The number of hydrogen-bond acceptors (Lipinski definition) is 5. The Hall–Kier alpha value is -3.20. The van der Waals surface area contributed by atoms with Crippen LogP contribution in [-0.4, -0.2) is 65.6 Å². The van der Waals surface area contributed by atoms with Gasteiger partial charge in [0.15, 0.2) is 0 Å². The molecule has 2 N–H and O–H groups in total. The zero-order chi connectivity index (χ0) is 22.5. The molecule has 1 unspecified atom stereocenters. The summed E-state index contributed by atoms with van der Waals surface area (Å²) in [5.41, 5.74) is 1.37. The van der Waals surface area contributed by atoms with Gasteiger partial charge in [-0.1, -0.05) is 18.2 Å². The van der Waals surface area contributed by atoms with Gasteiger partial charge in [0, 0.05) is 36.6 Å². The van der Waals surface area contributed by atoms with Crippen molar-refractivity contribution < 1.29 is 19.2 Å². The molecule has 9 heteroatoms. The van der Waals surface area contributed by atoms with Crippen LogP contribution in [0.15, 0.2) is 41.8 Å². The van der Waals surface area contributed by atoms with Crippen LogP contribution in [0.3, 0.4) is 0 Å². The number of amides is 4. The molecule has 1 aromatic heterocycles. The summed E-state index contributed by atoms with van der Waals surface area (Å²) in [6.45, 7) is 1.95. The molecule has 1 aromatic carbocycles. The Labute approximate surface area is 190 Å². The van der Waals surface area contributed by atoms with Crippen molar-refractivity contribution in [2.24, 2.45) is 0 Å². The number of carbonyl (C=O) groups is 4. The van der Waals surface area contributed by atoms with E-state index in [2.05, 4.69) is 10.6 Å². The molecule has 0 aliphatic carbocycles. The molecule has 0 saturated carbocycles. The highest BCUT2D eigenvalue weighted by Crippen LogP contribution is 2.20. The van der Waals surface area contributed by atoms with E-state index in [-0.39, 0.29) is 30.2 Å². The second-order valence-electron chi connectivity index (χ2n) is 7.99. The summed E-state index contributed by atoms with van der Waals surface area (Å²) < 4.78 is 0. The molecule has 0 bridgehead atoms. The van der Waals surface area contributed by atoms with Gasteiger partial charge in [0.25, 0.3) is 5.91 Å². The minimum Gasteiger partial charge on any atom is -0.353 e. The highest BCUT2D eigenvalue weighted by molar-refractivity contribution is 7.10. The fraction of sp³-hybridized carbons (Fsp3) is 0.391. The predicted octanol–water partition coefficient (Wildman–Crippen LogP) is 1.17. The summed E-state index contributed by atoms with van der Waals surface area (Å²) in [6.07, 6.45) is 1.81. The molecule has 2 aliphatic rings. The zero-order valence-electron chi connectivity index (χ0n) is 17.7. The van der Waals surface area contributed by atoms with Gasteiger partial charge >= 0.3 is 0 Å². The lowest BCUT2D eigenvalue weighted by Gasteiger charge is -2.26. The van der Waals surface area contributed by atoms with E-state index < -0.39 is 6.04 Å². The van der Waals surface area contributed by atoms with Crippen LogP contribution < -0.4 is 10.6 Å². The Kier molecular flexibility index (Phi) is 6.84. The first-order chi connectivity index (χ1) is 15.5. The third-order valence-electron chi connectivity index (χ3n) is 5.77. The molecule has 2 aromatic rings. The first-order valence-electron chi connectivity index (χ1n) is 10.8. The number of benzene rings is 1. The van der Waals surface area contributed by atoms with E-state index >= 15 is 0 Å². The van der Waals surface area contributed by atoms with Crippen molar-refractivity contribution >= 4 is 35.0 Å². The molecule has 32 heavy (non-hydrogen) atoms. The Morgan fingerprint density at radius 2 is 1.94 bits per heavy atom. The molecular formula is C23H26N4O4S. The topological polar surface area (TPSA) is 98.8 Å². The molecule has 2 saturated heterocycles. The predicted molar refractivity (Wildman–Crippen MR) is 120 cm³/mol. The fourth-order valence-electron chi connectivity index (χ4n) is 4.07. The van der Waals surface area contributed by atoms with Gasteiger partial charge in [-0.2, -0.15) is 0 Å². The van der Waals surface area contributed by atoms with E-state index in [0.29, 0.717) is 44.6 Å².